The van der Waals surface area contributed by atoms with E-state index in [0.29, 0.717) is 41.0 Å². The molecule has 4 rings (SSSR count). The highest BCUT2D eigenvalue weighted by Gasteiger charge is 2.37. The van der Waals surface area contributed by atoms with Crippen molar-refractivity contribution in [3.63, 3.8) is 0 Å². The second kappa shape index (κ2) is 8.32. The van der Waals surface area contributed by atoms with Crippen molar-refractivity contribution >= 4 is 0 Å². The molecule has 31 heavy (non-hydrogen) atoms. The highest BCUT2D eigenvalue weighted by Crippen LogP contribution is 2.48. The number of hydrogen-bond acceptors (Lipinski definition) is 7. The minimum absolute atomic E-state index is 0.0215. The van der Waals surface area contributed by atoms with Crippen LogP contribution >= 0.6 is 0 Å². The largest absolute Gasteiger partial charge is 0.496 e. The van der Waals surface area contributed by atoms with E-state index in [1.807, 2.05) is 49.4 Å². The van der Waals surface area contributed by atoms with Crippen molar-refractivity contribution in [2.75, 3.05) is 20.8 Å². The first-order valence-corrected chi connectivity index (χ1v) is 9.72. The van der Waals surface area contributed by atoms with Gasteiger partial charge in [-0.2, -0.15) is 5.26 Å². The van der Waals surface area contributed by atoms with Gasteiger partial charge in [-0.05, 0) is 31.2 Å². The van der Waals surface area contributed by atoms with Crippen LogP contribution in [0.3, 0.4) is 0 Å². The summed E-state index contributed by atoms with van der Waals surface area (Å²) >= 11 is 0. The molecule has 0 spiro atoms. The molecule has 0 radical (unpaired) electrons. The summed E-state index contributed by atoms with van der Waals surface area (Å²) < 4.78 is 22.4. The van der Waals surface area contributed by atoms with Gasteiger partial charge in [0.25, 0.3) is 0 Å². The number of ether oxygens (including phenoxy) is 4. The minimum atomic E-state index is -0.517. The number of aromatic amines is 1. The molecular formula is C23H22N4O4. The average molecular weight is 418 g/mol. The van der Waals surface area contributed by atoms with Crippen LogP contribution in [0.15, 0.2) is 53.9 Å². The lowest BCUT2D eigenvalue weighted by Gasteiger charge is -2.25. The first-order valence-electron chi connectivity index (χ1n) is 9.72. The number of H-pyrrole nitrogens is 1. The molecule has 8 heteroatoms. The van der Waals surface area contributed by atoms with E-state index in [1.165, 1.54) is 0 Å². The molecular weight excluding hydrogens is 396 g/mol. The van der Waals surface area contributed by atoms with Gasteiger partial charge < -0.3 is 24.7 Å². The van der Waals surface area contributed by atoms with E-state index in [1.54, 1.807) is 14.2 Å². The lowest BCUT2D eigenvalue weighted by atomic mass is 9.82. The molecule has 2 heterocycles. The summed E-state index contributed by atoms with van der Waals surface area (Å²) in [6, 6.07) is 15.3. The van der Waals surface area contributed by atoms with E-state index >= 15 is 0 Å². The molecule has 0 bridgehead atoms. The van der Waals surface area contributed by atoms with E-state index in [4.69, 9.17) is 24.7 Å². The van der Waals surface area contributed by atoms with Crippen LogP contribution in [0.2, 0.25) is 0 Å². The summed E-state index contributed by atoms with van der Waals surface area (Å²) in [5.41, 5.74) is 9.33. The van der Waals surface area contributed by atoms with Crippen molar-refractivity contribution in [3.05, 3.63) is 65.0 Å². The molecule has 1 aliphatic heterocycles. The van der Waals surface area contributed by atoms with Crippen LogP contribution in [-0.2, 0) is 0 Å². The number of rotatable bonds is 6. The number of hydrogen-bond donors (Lipinski definition) is 2. The molecule has 8 nitrogen and oxygen atoms in total. The van der Waals surface area contributed by atoms with Gasteiger partial charge in [-0.1, -0.05) is 18.2 Å². The lowest BCUT2D eigenvalue weighted by Crippen LogP contribution is -2.21. The molecule has 0 saturated carbocycles. The van der Waals surface area contributed by atoms with Crippen LogP contribution in [-0.4, -0.2) is 31.0 Å². The zero-order chi connectivity index (χ0) is 22.0. The number of nitrogens with one attached hydrogen (secondary N) is 1. The first-order chi connectivity index (χ1) is 15.1. The predicted molar refractivity (Wildman–Crippen MR) is 114 cm³/mol. The smallest absolute Gasteiger partial charge is 0.244 e. The fourth-order valence-electron chi connectivity index (χ4n) is 3.78. The summed E-state index contributed by atoms with van der Waals surface area (Å²) in [4.78, 5) is 0. The Bertz CT molecular complexity index is 1190. The van der Waals surface area contributed by atoms with Gasteiger partial charge in [-0.3, -0.25) is 5.10 Å². The van der Waals surface area contributed by atoms with Crippen molar-refractivity contribution in [2.24, 2.45) is 5.73 Å². The quantitative estimate of drug-likeness (QED) is 0.627. The highest BCUT2D eigenvalue weighted by atomic mass is 16.5. The Balaban J connectivity index is 1.92. The number of methoxy groups -OCH3 is 2. The number of allylic oxidation sites excluding steroid dienone is 1. The number of nitriles is 1. The third-order valence-corrected chi connectivity index (χ3v) is 5.14. The number of nitrogens with two attached hydrogens (primary N) is 1. The third-order valence-electron chi connectivity index (χ3n) is 5.14. The molecule has 2 aromatic carbocycles. The lowest BCUT2D eigenvalue weighted by molar-refractivity contribution is 0.311. The molecule has 1 atom stereocenters. The Morgan fingerprint density at radius 2 is 1.90 bits per heavy atom. The zero-order valence-corrected chi connectivity index (χ0v) is 17.4. The van der Waals surface area contributed by atoms with Gasteiger partial charge >= 0.3 is 0 Å². The molecule has 1 aliphatic rings. The summed E-state index contributed by atoms with van der Waals surface area (Å²) in [5, 5.41) is 17.2. The van der Waals surface area contributed by atoms with E-state index in [2.05, 4.69) is 16.3 Å². The number of para-hydroxylation sites is 1. The van der Waals surface area contributed by atoms with E-state index in [0.717, 1.165) is 11.1 Å². The molecule has 0 amide bonds. The molecule has 0 aliphatic carbocycles. The van der Waals surface area contributed by atoms with Gasteiger partial charge in [0.1, 0.15) is 17.4 Å². The summed E-state index contributed by atoms with van der Waals surface area (Å²) in [6.07, 6.45) is 0. The van der Waals surface area contributed by atoms with Gasteiger partial charge in [0.05, 0.1) is 38.0 Å². The van der Waals surface area contributed by atoms with Crippen LogP contribution < -0.4 is 24.7 Å². The second-order valence-electron chi connectivity index (χ2n) is 6.78. The van der Waals surface area contributed by atoms with Gasteiger partial charge in [0, 0.05) is 11.1 Å². The third kappa shape index (κ3) is 3.40. The maximum Gasteiger partial charge on any atom is 0.244 e. The Morgan fingerprint density at radius 3 is 2.61 bits per heavy atom. The Kier molecular flexibility index (Phi) is 5.41. The summed E-state index contributed by atoms with van der Waals surface area (Å²) in [7, 11) is 3.17. The molecule has 0 saturated heterocycles. The highest BCUT2D eigenvalue weighted by molar-refractivity contribution is 5.73. The van der Waals surface area contributed by atoms with Crippen molar-refractivity contribution in [1.29, 1.82) is 5.26 Å². The Hall–Kier alpha value is -4.12. The van der Waals surface area contributed by atoms with Crippen LogP contribution in [0, 0.1) is 11.3 Å². The zero-order valence-electron chi connectivity index (χ0n) is 17.4. The van der Waals surface area contributed by atoms with Gasteiger partial charge in [-0.15, -0.1) is 5.10 Å². The average Bonchev–Trinajstić information content (AvgIpc) is 3.21. The van der Waals surface area contributed by atoms with Crippen molar-refractivity contribution in [2.45, 2.75) is 12.8 Å². The minimum Gasteiger partial charge on any atom is -0.496 e. The first kappa shape index (κ1) is 20.2. The molecule has 158 valence electrons. The monoisotopic (exact) mass is 418 g/mol. The summed E-state index contributed by atoms with van der Waals surface area (Å²) in [6.45, 7) is 2.43. The maximum absolute atomic E-state index is 9.88. The Morgan fingerprint density at radius 1 is 1.13 bits per heavy atom. The number of aromatic nitrogens is 2. The number of nitrogens with zero attached hydrogens (tertiary/aromatic N) is 2. The van der Waals surface area contributed by atoms with Crippen LogP contribution in [0.4, 0.5) is 0 Å². The van der Waals surface area contributed by atoms with Crippen LogP contribution in [0.25, 0.3) is 11.3 Å². The van der Waals surface area contributed by atoms with E-state index < -0.39 is 5.92 Å². The van der Waals surface area contributed by atoms with Crippen molar-refractivity contribution in [1.82, 2.24) is 10.2 Å². The maximum atomic E-state index is 9.88. The van der Waals surface area contributed by atoms with Crippen molar-refractivity contribution in [3.8, 4) is 40.5 Å². The molecule has 3 aromatic rings. The molecule has 1 aromatic heterocycles. The van der Waals surface area contributed by atoms with Gasteiger partial charge in [0.2, 0.25) is 11.8 Å². The topological polar surface area (TPSA) is 115 Å². The fraction of sp³-hybridized carbons (Fsp3) is 0.217. The Labute approximate surface area is 179 Å². The SMILES string of the molecule is CCOc1ccc(-c2[nH]nc3c2C(c2ccccc2OC)C(C#N)=C(N)O3)cc1OC. The van der Waals surface area contributed by atoms with Gasteiger partial charge in [-0.25, -0.2) is 0 Å². The molecule has 1 unspecified atom stereocenters. The van der Waals surface area contributed by atoms with E-state index in [9.17, 15) is 5.26 Å². The predicted octanol–water partition coefficient (Wildman–Crippen LogP) is 3.71. The van der Waals surface area contributed by atoms with Gasteiger partial charge in [0.15, 0.2) is 11.5 Å². The van der Waals surface area contributed by atoms with E-state index in [-0.39, 0.29) is 11.5 Å². The summed E-state index contributed by atoms with van der Waals surface area (Å²) in [5.74, 6) is 1.68. The molecule has 0 fully saturated rings. The molecule has 3 N–H and O–H groups in total. The number of fused-ring (bicyclic) bond motifs is 1. The fourth-order valence-corrected chi connectivity index (χ4v) is 3.78. The van der Waals surface area contributed by atoms with Crippen LogP contribution in [0.1, 0.15) is 24.0 Å². The normalized spacial score (nSPS) is 15.0. The van der Waals surface area contributed by atoms with Crippen molar-refractivity contribution < 1.29 is 18.9 Å². The number of benzene rings is 2. The standard InChI is InChI=1S/C23H22N4O4/c1-4-30-17-10-9-13(11-18(17)29-3)21-20-19(14-7-5-6-8-16(14)28-2)15(12-24)22(25)31-23(20)27-26-21/h5-11,19H,4,25H2,1-3H3,(H,26,27). The second-order valence-corrected chi connectivity index (χ2v) is 6.78. The van der Waals surface area contributed by atoms with Crippen LogP contribution in [0.5, 0.6) is 23.1 Å².